The summed E-state index contributed by atoms with van der Waals surface area (Å²) in [5.74, 6) is -0.138. The molecule has 0 fully saturated rings. The summed E-state index contributed by atoms with van der Waals surface area (Å²) in [6, 6.07) is 16.9. The van der Waals surface area contributed by atoms with Crippen LogP contribution in [0.1, 0.15) is 18.1 Å². The lowest BCUT2D eigenvalue weighted by molar-refractivity contribution is -0.115. The number of anilines is 1. The number of benzene rings is 2. The minimum absolute atomic E-state index is 0.138. The van der Waals surface area contributed by atoms with Crippen molar-refractivity contribution in [2.24, 2.45) is 0 Å². The van der Waals surface area contributed by atoms with Crippen molar-refractivity contribution in [1.82, 2.24) is 9.97 Å². The average molecular weight is 379 g/mol. The van der Waals surface area contributed by atoms with Gasteiger partial charge in [0.1, 0.15) is 0 Å². The lowest BCUT2D eigenvalue weighted by Crippen LogP contribution is -2.23. The molecule has 1 heterocycles. The van der Waals surface area contributed by atoms with Crippen molar-refractivity contribution < 1.29 is 4.79 Å². The first-order chi connectivity index (χ1) is 12.9. The molecule has 0 spiro atoms. The zero-order valence-corrected chi connectivity index (χ0v) is 16.3. The smallest absolute Gasteiger partial charge is 0.252 e. The highest BCUT2D eigenvalue weighted by Gasteiger charge is 2.17. The number of thioether (sulfide) groups is 1. The molecule has 0 aliphatic rings. The van der Waals surface area contributed by atoms with E-state index in [1.165, 1.54) is 17.8 Å². The van der Waals surface area contributed by atoms with Crippen molar-refractivity contribution in [2.45, 2.75) is 31.2 Å². The Kier molecular flexibility index (Phi) is 5.76. The van der Waals surface area contributed by atoms with Crippen LogP contribution in [-0.4, -0.2) is 21.1 Å². The maximum absolute atomic E-state index is 12.6. The second-order valence-electron chi connectivity index (χ2n) is 6.37. The number of aromatic amines is 1. The van der Waals surface area contributed by atoms with Crippen molar-refractivity contribution in [2.75, 3.05) is 5.32 Å². The predicted molar refractivity (Wildman–Crippen MR) is 110 cm³/mol. The standard InChI is InChI=1S/C21H21N3O2S/c1-13-9-10-14(2)17(11-13)22-20(26)15(3)27-21-23-18(12-19(25)24-21)16-7-5-4-6-8-16/h4-12,15H,1-3H3,(H,22,26)(H,23,24,25). The van der Waals surface area contributed by atoms with Crippen LogP contribution in [0.2, 0.25) is 0 Å². The van der Waals surface area contributed by atoms with E-state index in [2.05, 4.69) is 15.3 Å². The molecule has 6 heteroatoms. The summed E-state index contributed by atoms with van der Waals surface area (Å²) in [6.07, 6.45) is 0. The second-order valence-corrected chi connectivity index (χ2v) is 7.70. The maximum Gasteiger partial charge on any atom is 0.252 e. The molecule has 27 heavy (non-hydrogen) atoms. The van der Waals surface area contributed by atoms with Crippen molar-refractivity contribution in [3.05, 3.63) is 76.1 Å². The van der Waals surface area contributed by atoms with Gasteiger partial charge in [-0.15, -0.1) is 0 Å². The van der Waals surface area contributed by atoms with Gasteiger partial charge >= 0.3 is 0 Å². The number of carbonyl (C=O) groups is 1. The predicted octanol–water partition coefficient (Wildman–Crippen LogP) is 4.17. The second kappa shape index (κ2) is 8.22. The fourth-order valence-electron chi connectivity index (χ4n) is 2.57. The van der Waals surface area contributed by atoms with Gasteiger partial charge in [-0.25, -0.2) is 4.98 Å². The van der Waals surface area contributed by atoms with Gasteiger partial charge in [0.25, 0.3) is 5.56 Å². The molecular formula is C21H21N3O2S. The summed E-state index contributed by atoms with van der Waals surface area (Å²) in [5.41, 5.74) is 4.09. The number of nitrogens with one attached hydrogen (secondary N) is 2. The minimum atomic E-state index is -0.418. The molecule has 3 aromatic rings. The van der Waals surface area contributed by atoms with Crippen LogP contribution in [0.15, 0.2) is 64.5 Å². The summed E-state index contributed by atoms with van der Waals surface area (Å²) < 4.78 is 0. The topological polar surface area (TPSA) is 74.8 Å². The fourth-order valence-corrected chi connectivity index (χ4v) is 3.39. The monoisotopic (exact) mass is 379 g/mol. The van der Waals surface area contributed by atoms with Gasteiger partial charge in [-0.3, -0.25) is 9.59 Å². The Labute approximate surface area is 162 Å². The Morgan fingerprint density at radius 2 is 1.85 bits per heavy atom. The summed E-state index contributed by atoms with van der Waals surface area (Å²) >= 11 is 1.23. The van der Waals surface area contributed by atoms with Crippen molar-refractivity contribution in [3.8, 4) is 11.3 Å². The van der Waals surface area contributed by atoms with Gasteiger partial charge in [0, 0.05) is 17.3 Å². The summed E-state index contributed by atoms with van der Waals surface area (Å²) in [4.78, 5) is 31.8. The molecule has 2 aromatic carbocycles. The normalized spacial score (nSPS) is 11.8. The number of hydrogen-bond donors (Lipinski definition) is 2. The van der Waals surface area contributed by atoms with Gasteiger partial charge in [-0.1, -0.05) is 54.2 Å². The molecule has 0 saturated carbocycles. The van der Waals surface area contributed by atoms with E-state index in [9.17, 15) is 9.59 Å². The van der Waals surface area contributed by atoms with E-state index in [-0.39, 0.29) is 11.5 Å². The number of hydrogen-bond acceptors (Lipinski definition) is 4. The molecule has 1 amide bonds. The lowest BCUT2D eigenvalue weighted by atomic mass is 10.1. The van der Waals surface area contributed by atoms with E-state index in [1.807, 2.05) is 62.4 Å². The third-order valence-electron chi connectivity index (χ3n) is 4.10. The Morgan fingerprint density at radius 1 is 1.11 bits per heavy atom. The molecule has 1 unspecified atom stereocenters. The van der Waals surface area contributed by atoms with Crippen LogP contribution < -0.4 is 10.9 Å². The highest BCUT2D eigenvalue weighted by molar-refractivity contribution is 8.00. The molecule has 2 N–H and O–H groups in total. The van der Waals surface area contributed by atoms with E-state index in [0.29, 0.717) is 10.9 Å². The highest BCUT2D eigenvalue weighted by Crippen LogP contribution is 2.24. The number of aryl methyl sites for hydroxylation is 2. The molecule has 0 aliphatic carbocycles. The van der Waals surface area contributed by atoms with Crippen molar-refractivity contribution >= 4 is 23.4 Å². The molecule has 0 saturated heterocycles. The van der Waals surface area contributed by atoms with E-state index >= 15 is 0 Å². The molecule has 5 nitrogen and oxygen atoms in total. The average Bonchev–Trinajstić information content (AvgIpc) is 2.65. The highest BCUT2D eigenvalue weighted by atomic mass is 32.2. The van der Waals surface area contributed by atoms with E-state index in [1.54, 1.807) is 6.92 Å². The Bertz CT molecular complexity index is 1020. The number of aromatic nitrogens is 2. The van der Waals surface area contributed by atoms with Crippen molar-refractivity contribution in [3.63, 3.8) is 0 Å². The third-order valence-corrected chi connectivity index (χ3v) is 5.08. The number of rotatable bonds is 5. The Hall–Kier alpha value is -2.86. The number of nitrogens with zero attached hydrogens (tertiary/aromatic N) is 1. The Morgan fingerprint density at radius 3 is 2.59 bits per heavy atom. The summed E-state index contributed by atoms with van der Waals surface area (Å²) in [5, 5.41) is 2.96. The van der Waals surface area contributed by atoms with Gasteiger partial charge in [0.05, 0.1) is 10.9 Å². The number of carbonyl (C=O) groups excluding carboxylic acids is 1. The van der Waals surface area contributed by atoms with Crippen LogP contribution in [0.4, 0.5) is 5.69 Å². The van der Waals surface area contributed by atoms with Gasteiger partial charge in [-0.05, 0) is 38.0 Å². The zero-order valence-electron chi connectivity index (χ0n) is 15.4. The first-order valence-electron chi connectivity index (χ1n) is 8.64. The lowest BCUT2D eigenvalue weighted by Gasteiger charge is -2.14. The van der Waals surface area contributed by atoms with Gasteiger partial charge in [-0.2, -0.15) is 0 Å². The van der Waals surface area contributed by atoms with E-state index in [4.69, 9.17) is 0 Å². The minimum Gasteiger partial charge on any atom is -0.325 e. The van der Waals surface area contributed by atoms with Crippen LogP contribution >= 0.6 is 11.8 Å². The largest absolute Gasteiger partial charge is 0.325 e. The zero-order chi connectivity index (χ0) is 19.4. The van der Waals surface area contributed by atoms with Crippen LogP contribution in [0.25, 0.3) is 11.3 Å². The van der Waals surface area contributed by atoms with Crippen LogP contribution in [0, 0.1) is 13.8 Å². The first kappa shape index (κ1) is 18.9. The van der Waals surface area contributed by atoms with Gasteiger partial charge in [0.2, 0.25) is 5.91 Å². The molecule has 1 atom stereocenters. The molecular weight excluding hydrogens is 358 g/mol. The third kappa shape index (κ3) is 4.86. The Balaban J connectivity index is 1.76. The molecule has 0 aliphatic heterocycles. The van der Waals surface area contributed by atoms with Crippen LogP contribution in [-0.2, 0) is 4.79 Å². The maximum atomic E-state index is 12.6. The molecule has 0 radical (unpaired) electrons. The van der Waals surface area contributed by atoms with Crippen LogP contribution in [0.3, 0.4) is 0 Å². The van der Waals surface area contributed by atoms with Crippen LogP contribution in [0.5, 0.6) is 0 Å². The van der Waals surface area contributed by atoms with E-state index in [0.717, 1.165) is 22.4 Å². The van der Waals surface area contributed by atoms with Gasteiger partial charge < -0.3 is 10.3 Å². The molecule has 138 valence electrons. The SMILES string of the molecule is Cc1ccc(C)c(NC(=O)C(C)Sc2nc(-c3ccccc3)cc(=O)[nH]2)c1. The fraction of sp³-hybridized carbons (Fsp3) is 0.190. The van der Waals surface area contributed by atoms with Gasteiger partial charge in [0.15, 0.2) is 5.16 Å². The number of amides is 1. The molecule has 1 aromatic heterocycles. The quantitative estimate of drug-likeness (QED) is 0.515. The molecule has 0 bridgehead atoms. The number of H-pyrrole nitrogens is 1. The van der Waals surface area contributed by atoms with Crippen molar-refractivity contribution in [1.29, 1.82) is 0 Å². The molecule has 3 rings (SSSR count). The first-order valence-corrected chi connectivity index (χ1v) is 9.52. The summed E-state index contributed by atoms with van der Waals surface area (Å²) in [7, 11) is 0. The summed E-state index contributed by atoms with van der Waals surface area (Å²) in [6.45, 7) is 5.73. The van der Waals surface area contributed by atoms with E-state index < -0.39 is 5.25 Å².